The molecule has 0 radical (unpaired) electrons. The molecule has 1 aliphatic carbocycles. The van der Waals surface area contributed by atoms with Crippen LogP contribution >= 0.6 is 0 Å². The van der Waals surface area contributed by atoms with Gasteiger partial charge in [-0.3, -0.25) is 10.6 Å². The SMILES string of the molecule is CC1CCC(NC(=O)c2ccc(NN)cn2)C1C. The van der Waals surface area contributed by atoms with Gasteiger partial charge in [0.15, 0.2) is 0 Å². The lowest BCUT2D eigenvalue weighted by Crippen LogP contribution is -2.37. The van der Waals surface area contributed by atoms with Gasteiger partial charge in [-0.15, -0.1) is 0 Å². The highest BCUT2D eigenvalue weighted by Gasteiger charge is 2.30. The number of anilines is 1. The number of nitrogens with zero attached hydrogens (tertiary/aromatic N) is 1. The molecule has 0 spiro atoms. The van der Waals surface area contributed by atoms with Gasteiger partial charge in [-0.05, 0) is 36.8 Å². The third-order valence-corrected chi connectivity index (χ3v) is 3.94. The van der Waals surface area contributed by atoms with Gasteiger partial charge >= 0.3 is 0 Å². The minimum atomic E-state index is -0.107. The second-order valence-electron chi connectivity index (χ2n) is 5.07. The van der Waals surface area contributed by atoms with E-state index in [0.29, 0.717) is 23.2 Å². The van der Waals surface area contributed by atoms with Gasteiger partial charge in [0.05, 0.1) is 11.9 Å². The molecule has 1 aromatic rings. The predicted molar refractivity (Wildman–Crippen MR) is 70.9 cm³/mol. The normalized spacial score (nSPS) is 26.9. The molecule has 3 unspecified atom stereocenters. The molecular formula is C13H20N4O. The van der Waals surface area contributed by atoms with E-state index in [2.05, 4.69) is 29.6 Å². The fraction of sp³-hybridized carbons (Fsp3) is 0.538. The first-order chi connectivity index (χ1) is 8.61. The molecule has 3 atom stereocenters. The molecular weight excluding hydrogens is 228 g/mol. The molecule has 5 heteroatoms. The lowest BCUT2D eigenvalue weighted by Gasteiger charge is -2.19. The quantitative estimate of drug-likeness (QED) is 0.560. The van der Waals surface area contributed by atoms with E-state index in [0.717, 1.165) is 6.42 Å². The molecule has 0 saturated heterocycles. The first kappa shape index (κ1) is 12.8. The van der Waals surface area contributed by atoms with Crippen molar-refractivity contribution in [1.82, 2.24) is 10.3 Å². The van der Waals surface area contributed by atoms with E-state index in [9.17, 15) is 4.79 Å². The maximum atomic E-state index is 12.0. The molecule has 5 nitrogen and oxygen atoms in total. The van der Waals surface area contributed by atoms with E-state index in [4.69, 9.17) is 5.84 Å². The summed E-state index contributed by atoms with van der Waals surface area (Å²) in [6.07, 6.45) is 3.78. The van der Waals surface area contributed by atoms with Crippen molar-refractivity contribution in [2.45, 2.75) is 32.7 Å². The molecule has 4 N–H and O–H groups in total. The average Bonchev–Trinajstić information content (AvgIpc) is 2.71. The van der Waals surface area contributed by atoms with Crippen LogP contribution in [-0.4, -0.2) is 16.9 Å². The smallest absolute Gasteiger partial charge is 0.270 e. The summed E-state index contributed by atoms with van der Waals surface area (Å²) in [5, 5.41) is 3.06. The average molecular weight is 248 g/mol. The fourth-order valence-electron chi connectivity index (χ4n) is 2.42. The van der Waals surface area contributed by atoms with E-state index in [-0.39, 0.29) is 11.9 Å². The monoisotopic (exact) mass is 248 g/mol. The van der Waals surface area contributed by atoms with Crippen molar-refractivity contribution < 1.29 is 4.79 Å². The second-order valence-corrected chi connectivity index (χ2v) is 5.07. The van der Waals surface area contributed by atoms with Gasteiger partial charge < -0.3 is 10.7 Å². The van der Waals surface area contributed by atoms with Crippen LogP contribution in [-0.2, 0) is 0 Å². The molecule has 1 fully saturated rings. The third-order valence-electron chi connectivity index (χ3n) is 3.94. The van der Waals surface area contributed by atoms with Crippen LogP contribution in [0.15, 0.2) is 18.3 Å². The van der Waals surface area contributed by atoms with Crippen molar-refractivity contribution in [2.75, 3.05) is 5.43 Å². The van der Waals surface area contributed by atoms with E-state index in [1.165, 1.54) is 6.42 Å². The number of nitrogens with one attached hydrogen (secondary N) is 2. The number of aromatic nitrogens is 1. The van der Waals surface area contributed by atoms with Crippen LogP contribution in [0.25, 0.3) is 0 Å². The van der Waals surface area contributed by atoms with Crippen molar-refractivity contribution >= 4 is 11.6 Å². The van der Waals surface area contributed by atoms with E-state index >= 15 is 0 Å². The Morgan fingerprint density at radius 1 is 1.39 bits per heavy atom. The van der Waals surface area contributed by atoms with Crippen molar-refractivity contribution in [3.63, 3.8) is 0 Å². The van der Waals surface area contributed by atoms with Crippen LogP contribution < -0.4 is 16.6 Å². The van der Waals surface area contributed by atoms with Gasteiger partial charge in [-0.25, -0.2) is 4.98 Å². The Morgan fingerprint density at radius 2 is 2.17 bits per heavy atom. The zero-order chi connectivity index (χ0) is 13.1. The molecule has 1 aliphatic rings. The molecule has 0 aliphatic heterocycles. The Hall–Kier alpha value is -1.62. The summed E-state index contributed by atoms with van der Waals surface area (Å²) in [6, 6.07) is 3.68. The summed E-state index contributed by atoms with van der Waals surface area (Å²) in [5.74, 6) is 6.34. The molecule has 1 heterocycles. The number of nitrogens with two attached hydrogens (primary N) is 1. The van der Waals surface area contributed by atoms with Crippen LogP contribution in [0.3, 0.4) is 0 Å². The molecule has 18 heavy (non-hydrogen) atoms. The summed E-state index contributed by atoms with van der Waals surface area (Å²) >= 11 is 0. The summed E-state index contributed by atoms with van der Waals surface area (Å²) in [4.78, 5) is 16.1. The van der Waals surface area contributed by atoms with E-state index < -0.39 is 0 Å². The number of hydrogen-bond donors (Lipinski definition) is 3. The van der Waals surface area contributed by atoms with E-state index in [1.807, 2.05) is 0 Å². The number of pyridine rings is 1. The van der Waals surface area contributed by atoms with Crippen LogP contribution in [0.4, 0.5) is 5.69 Å². The largest absolute Gasteiger partial charge is 0.348 e. The standard InChI is InChI=1S/C13H20N4O/c1-8-3-5-11(9(8)2)16-13(18)12-6-4-10(17-14)7-15-12/h4,6-9,11,17H,3,5,14H2,1-2H3,(H,16,18). The van der Waals surface area contributed by atoms with Gasteiger partial charge in [0, 0.05) is 6.04 Å². The lowest BCUT2D eigenvalue weighted by atomic mass is 9.98. The second kappa shape index (κ2) is 5.35. The van der Waals surface area contributed by atoms with Crippen molar-refractivity contribution in [1.29, 1.82) is 0 Å². The summed E-state index contributed by atoms with van der Waals surface area (Å²) in [6.45, 7) is 4.42. The van der Waals surface area contributed by atoms with Crippen LogP contribution in [0.1, 0.15) is 37.2 Å². The highest BCUT2D eigenvalue weighted by molar-refractivity contribution is 5.92. The van der Waals surface area contributed by atoms with Crippen molar-refractivity contribution in [2.24, 2.45) is 17.7 Å². The highest BCUT2D eigenvalue weighted by Crippen LogP contribution is 2.31. The number of nitrogen functional groups attached to an aromatic ring is 1. The Bertz CT molecular complexity index is 418. The molecule has 2 rings (SSSR count). The number of carbonyl (C=O) groups is 1. The molecule has 1 amide bonds. The van der Waals surface area contributed by atoms with E-state index in [1.54, 1.807) is 18.3 Å². The highest BCUT2D eigenvalue weighted by atomic mass is 16.1. The zero-order valence-corrected chi connectivity index (χ0v) is 10.8. The molecule has 0 aromatic carbocycles. The maximum Gasteiger partial charge on any atom is 0.270 e. The lowest BCUT2D eigenvalue weighted by molar-refractivity contribution is 0.0922. The van der Waals surface area contributed by atoms with Crippen molar-refractivity contribution in [3.8, 4) is 0 Å². The first-order valence-corrected chi connectivity index (χ1v) is 6.35. The third kappa shape index (κ3) is 2.61. The predicted octanol–water partition coefficient (Wildman–Crippen LogP) is 1.53. The summed E-state index contributed by atoms with van der Waals surface area (Å²) < 4.78 is 0. The van der Waals surface area contributed by atoms with Gasteiger partial charge in [-0.2, -0.15) is 0 Å². The van der Waals surface area contributed by atoms with Gasteiger partial charge in [0.25, 0.3) is 5.91 Å². The van der Waals surface area contributed by atoms with Crippen molar-refractivity contribution in [3.05, 3.63) is 24.0 Å². The Balaban J connectivity index is 1.99. The first-order valence-electron chi connectivity index (χ1n) is 6.35. The topological polar surface area (TPSA) is 80.0 Å². The van der Waals surface area contributed by atoms with Gasteiger partial charge in [0.1, 0.15) is 5.69 Å². The number of rotatable bonds is 3. The molecule has 1 saturated carbocycles. The van der Waals surface area contributed by atoms with Crippen LogP contribution in [0.5, 0.6) is 0 Å². The number of hydrogen-bond acceptors (Lipinski definition) is 4. The van der Waals surface area contributed by atoms with Gasteiger partial charge in [-0.1, -0.05) is 13.8 Å². The number of carbonyl (C=O) groups excluding carboxylic acids is 1. The Labute approximate surface area is 107 Å². The summed E-state index contributed by atoms with van der Waals surface area (Å²) in [5.41, 5.74) is 3.61. The summed E-state index contributed by atoms with van der Waals surface area (Å²) in [7, 11) is 0. The number of hydrazine groups is 1. The van der Waals surface area contributed by atoms with Crippen LogP contribution in [0, 0.1) is 11.8 Å². The Morgan fingerprint density at radius 3 is 2.67 bits per heavy atom. The van der Waals surface area contributed by atoms with Gasteiger partial charge in [0.2, 0.25) is 0 Å². The minimum absolute atomic E-state index is 0.107. The maximum absolute atomic E-state index is 12.0. The molecule has 0 bridgehead atoms. The van der Waals surface area contributed by atoms with Crippen LogP contribution in [0.2, 0.25) is 0 Å². The fourth-order valence-corrected chi connectivity index (χ4v) is 2.42. The minimum Gasteiger partial charge on any atom is -0.348 e. The Kier molecular flexibility index (Phi) is 3.81. The molecule has 98 valence electrons. The molecule has 1 aromatic heterocycles. The number of amides is 1. The zero-order valence-electron chi connectivity index (χ0n) is 10.8.